The summed E-state index contributed by atoms with van der Waals surface area (Å²) in [6.45, 7) is 1.72. The summed E-state index contributed by atoms with van der Waals surface area (Å²) in [5, 5.41) is 0. The highest BCUT2D eigenvalue weighted by Gasteiger charge is 2.44. The number of hydrogen-bond donors (Lipinski definition) is 0. The first-order valence-corrected chi connectivity index (χ1v) is 5.40. The van der Waals surface area contributed by atoms with Crippen LogP contribution in [0.25, 0.3) is 0 Å². The molecule has 0 saturated carbocycles. The van der Waals surface area contributed by atoms with Crippen molar-refractivity contribution in [3.8, 4) is 0 Å². The Morgan fingerprint density at radius 3 is 2.31 bits per heavy atom. The van der Waals surface area contributed by atoms with E-state index in [1.165, 1.54) is 12.1 Å². The second-order valence-corrected chi connectivity index (χ2v) is 4.32. The fraction of sp³-hybridized carbons (Fsp3) is 0.273. The maximum Gasteiger partial charge on any atom is 0.350 e. The van der Waals surface area contributed by atoms with E-state index in [9.17, 15) is 9.59 Å². The number of hydrogen-bond acceptors (Lipinski definition) is 3. The van der Waals surface area contributed by atoms with E-state index in [0.717, 1.165) is 0 Å². The lowest BCUT2D eigenvalue weighted by atomic mass is 10.1. The van der Waals surface area contributed by atoms with Gasteiger partial charge in [0.05, 0.1) is 6.61 Å². The normalized spacial score (nSPS) is 10.9. The molecule has 0 unspecified atom stereocenters. The summed E-state index contributed by atoms with van der Waals surface area (Å²) in [6, 6.07) is 8.11. The summed E-state index contributed by atoms with van der Waals surface area (Å²) >= 11 is 11.4. The zero-order chi connectivity index (χ0) is 12.2. The molecule has 0 amide bonds. The highest BCUT2D eigenvalue weighted by atomic mass is 35.5. The monoisotopic (exact) mass is 260 g/mol. The molecule has 0 spiro atoms. The Kier molecular flexibility index (Phi) is 4.33. The van der Waals surface area contributed by atoms with E-state index in [0.29, 0.717) is 0 Å². The van der Waals surface area contributed by atoms with Crippen LogP contribution in [0.4, 0.5) is 0 Å². The minimum atomic E-state index is -2.18. The van der Waals surface area contributed by atoms with Gasteiger partial charge in [0.15, 0.2) is 0 Å². The van der Waals surface area contributed by atoms with E-state index in [2.05, 4.69) is 4.74 Å². The largest absolute Gasteiger partial charge is 0.463 e. The molecular weight excluding hydrogens is 251 g/mol. The smallest absolute Gasteiger partial charge is 0.350 e. The summed E-state index contributed by atoms with van der Waals surface area (Å²) < 4.78 is 2.44. The van der Waals surface area contributed by atoms with Crippen LogP contribution in [-0.4, -0.2) is 22.7 Å². The maximum absolute atomic E-state index is 11.8. The molecule has 0 radical (unpaired) electrons. The van der Waals surface area contributed by atoms with E-state index in [1.807, 2.05) is 0 Å². The SMILES string of the molecule is CCOC(=O)C(Cl)(Cl)C(=O)c1ccccc1. The Morgan fingerprint density at radius 1 is 1.25 bits per heavy atom. The minimum Gasteiger partial charge on any atom is -0.463 e. The van der Waals surface area contributed by atoms with Gasteiger partial charge >= 0.3 is 5.97 Å². The third-order valence-electron chi connectivity index (χ3n) is 1.85. The number of carbonyl (C=O) groups is 2. The second-order valence-electron chi connectivity index (χ2n) is 2.99. The van der Waals surface area contributed by atoms with Gasteiger partial charge in [0.1, 0.15) is 0 Å². The number of ketones is 1. The van der Waals surface area contributed by atoms with Crippen molar-refractivity contribution in [2.75, 3.05) is 6.61 Å². The first-order chi connectivity index (χ1) is 7.50. The Bertz CT molecular complexity index is 387. The van der Waals surface area contributed by atoms with Crippen LogP contribution in [0.5, 0.6) is 0 Å². The molecule has 1 rings (SSSR count). The van der Waals surface area contributed by atoms with Crippen molar-refractivity contribution in [3.05, 3.63) is 35.9 Å². The Hall–Kier alpha value is -1.06. The van der Waals surface area contributed by atoms with Crippen LogP contribution in [-0.2, 0) is 9.53 Å². The molecule has 0 N–H and O–H groups in total. The molecule has 0 fully saturated rings. The lowest BCUT2D eigenvalue weighted by Crippen LogP contribution is -2.37. The van der Waals surface area contributed by atoms with Gasteiger partial charge < -0.3 is 4.74 Å². The van der Waals surface area contributed by atoms with E-state index < -0.39 is 16.1 Å². The van der Waals surface area contributed by atoms with Gasteiger partial charge in [0.25, 0.3) is 4.33 Å². The van der Waals surface area contributed by atoms with Gasteiger partial charge in [-0.2, -0.15) is 0 Å². The predicted octanol–water partition coefficient (Wildman–Crippen LogP) is 2.61. The number of Topliss-reactive ketones (excluding diaryl/α,β-unsaturated/α-hetero) is 1. The molecule has 0 saturated heterocycles. The van der Waals surface area contributed by atoms with Crippen LogP contribution in [0.15, 0.2) is 30.3 Å². The average molecular weight is 261 g/mol. The van der Waals surface area contributed by atoms with Gasteiger partial charge in [0, 0.05) is 5.56 Å². The first kappa shape index (κ1) is 13.0. The Balaban J connectivity index is 2.92. The number of benzene rings is 1. The Labute approximate surface area is 103 Å². The van der Waals surface area contributed by atoms with Crippen molar-refractivity contribution in [1.82, 2.24) is 0 Å². The Morgan fingerprint density at radius 2 is 1.81 bits per heavy atom. The van der Waals surface area contributed by atoms with Crippen molar-refractivity contribution >= 4 is 35.0 Å². The minimum absolute atomic E-state index is 0.113. The number of carbonyl (C=O) groups excluding carboxylic acids is 2. The summed E-state index contributed by atoms with van der Waals surface area (Å²) in [7, 11) is 0. The molecule has 0 aliphatic carbocycles. The molecule has 0 aliphatic rings. The van der Waals surface area contributed by atoms with Crippen LogP contribution < -0.4 is 0 Å². The van der Waals surface area contributed by atoms with Gasteiger partial charge in [-0.3, -0.25) is 4.79 Å². The number of esters is 1. The van der Waals surface area contributed by atoms with E-state index in [4.69, 9.17) is 23.2 Å². The standard InChI is InChI=1S/C11H10Cl2O3/c1-2-16-10(15)11(12,13)9(14)8-6-4-3-5-7-8/h3-7H,2H2,1H3. The number of rotatable bonds is 4. The molecule has 0 aromatic heterocycles. The summed E-state index contributed by atoms with van der Waals surface area (Å²) in [6.07, 6.45) is 0. The van der Waals surface area contributed by atoms with Crippen molar-refractivity contribution in [1.29, 1.82) is 0 Å². The molecule has 0 aliphatic heterocycles. The molecule has 0 bridgehead atoms. The van der Waals surface area contributed by atoms with Gasteiger partial charge in [-0.05, 0) is 6.92 Å². The molecule has 1 aromatic rings. The molecule has 3 nitrogen and oxygen atoms in total. The van der Waals surface area contributed by atoms with Gasteiger partial charge in [0.2, 0.25) is 5.78 Å². The lowest BCUT2D eigenvalue weighted by molar-refractivity contribution is -0.142. The fourth-order valence-electron chi connectivity index (χ4n) is 1.09. The second kappa shape index (κ2) is 5.32. The number of ether oxygens (including phenoxy) is 1. The third-order valence-corrected chi connectivity index (χ3v) is 2.50. The number of alkyl halides is 2. The predicted molar refractivity (Wildman–Crippen MR) is 61.8 cm³/mol. The van der Waals surface area contributed by atoms with E-state index in [1.54, 1.807) is 25.1 Å². The van der Waals surface area contributed by atoms with Gasteiger partial charge in [-0.25, -0.2) is 4.79 Å². The highest BCUT2D eigenvalue weighted by Crippen LogP contribution is 2.27. The molecule has 5 heteroatoms. The topological polar surface area (TPSA) is 43.4 Å². The molecule has 1 aromatic carbocycles. The zero-order valence-corrected chi connectivity index (χ0v) is 10.1. The zero-order valence-electron chi connectivity index (χ0n) is 8.57. The first-order valence-electron chi connectivity index (χ1n) is 4.65. The molecule has 0 atom stereocenters. The van der Waals surface area contributed by atoms with E-state index >= 15 is 0 Å². The highest BCUT2D eigenvalue weighted by molar-refractivity contribution is 6.68. The molecule has 0 heterocycles. The van der Waals surface area contributed by atoms with E-state index in [-0.39, 0.29) is 12.2 Å². The van der Waals surface area contributed by atoms with Crippen LogP contribution in [0, 0.1) is 0 Å². The summed E-state index contributed by atoms with van der Waals surface area (Å²) in [4.78, 5) is 23.2. The quantitative estimate of drug-likeness (QED) is 0.362. The van der Waals surface area contributed by atoms with Gasteiger partial charge in [-0.1, -0.05) is 53.5 Å². The van der Waals surface area contributed by atoms with Crippen molar-refractivity contribution in [2.45, 2.75) is 11.3 Å². The maximum atomic E-state index is 11.8. The molecular formula is C11H10Cl2O3. The fourth-order valence-corrected chi connectivity index (χ4v) is 1.41. The van der Waals surface area contributed by atoms with Crippen LogP contribution in [0.2, 0.25) is 0 Å². The molecule has 86 valence electrons. The van der Waals surface area contributed by atoms with Gasteiger partial charge in [-0.15, -0.1) is 0 Å². The van der Waals surface area contributed by atoms with Crippen molar-refractivity contribution < 1.29 is 14.3 Å². The lowest BCUT2D eigenvalue weighted by Gasteiger charge is -2.15. The van der Waals surface area contributed by atoms with Crippen LogP contribution in [0.3, 0.4) is 0 Å². The van der Waals surface area contributed by atoms with Crippen molar-refractivity contribution in [2.24, 2.45) is 0 Å². The van der Waals surface area contributed by atoms with Crippen LogP contribution in [0.1, 0.15) is 17.3 Å². The average Bonchev–Trinajstić information content (AvgIpc) is 2.29. The van der Waals surface area contributed by atoms with Crippen molar-refractivity contribution in [3.63, 3.8) is 0 Å². The summed E-state index contributed by atoms with van der Waals surface area (Å²) in [5.74, 6) is -1.64. The third kappa shape index (κ3) is 2.74. The summed E-state index contributed by atoms with van der Waals surface area (Å²) in [5.41, 5.74) is 0.264. The van der Waals surface area contributed by atoms with Crippen LogP contribution >= 0.6 is 23.2 Å². The molecule has 16 heavy (non-hydrogen) atoms. The number of halogens is 2.